The summed E-state index contributed by atoms with van der Waals surface area (Å²) in [5.41, 5.74) is 2.35. The van der Waals surface area contributed by atoms with Crippen LogP contribution in [-0.2, 0) is 17.8 Å². The predicted molar refractivity (Wildman–Crippen MR) is 53.6 cm³/mol. The minimum atomic E-state index is -0.930. The predicted octanol–water partition coefficient (Wildman–Crippen LogP) is 0.899. The maximum Gasteiger partial charge on any atom is 0.335 e. The quantitative estimate of drug-likeness (QED) is 0.730. The van der Waals surface area contributed by atoms with Crippen molar-refractivity contribution in [2.45, 2.75) is 13.0 Å². The summed E-state index contributed by atoms with van der Waals surface area (Å²) in [7, 11) is 0. The van der Waals surface area contributed by atoms with Gasteiger partial charge in [-0.15, -0.1) is 0 Å². The van der Waals surface area contributed by atoms with Crippen molar-refractivity contribution in [2.75, 3.05) is 6.54 Å². The maximum absolute atomic E-state index is 10.8. The second-order valence-electron chi connectivity index (χ2n) is 3.61. The molecule has 1 heterocycles. The van der Waals surface area contributed by atoms with Gasteiger partial charge in [0.25, 0.3) is 0 Å². The topological polar surface area (TPSA) is 57.6 Å². The lowest BCUT2D eigenvalue weighted by molar-refractivity contribution is -0.118. The molecule has 4 nitrogen and oxygen atoms in total. The number of rotatable bonds is 2. The van der Waals surface area contributed by atoms with E-state index in [0.717, 1.165) is 24.0 Å². The highest BCUT2D eigenvalue weighted by molar-refractivity contribution is 5.87. The number of benzene rings is 1. The Morgan fingerprint density at radius 3 is 2.87 bits per heavy atom. The van der Waals surface area contributed by atoms with E-state index >= 15 is 0 Å². The van der Waals surface area contributed by atoms with E-state index in [1.54, 1.807) is 17.0 Å². The highest BCUT2D eigenvalue weighted by Gasteiger charge is 2.16. The molecule has 1 amide bonds. The number of carbonyl (C=O) groups excluding carboxylic acids is 1. The van der Waals surface area contributed by atoms with Crippen LogP contribution in [0.15, 0.2) is 18.2 Å². The lowest BCUT2D eigenvalue weighted by atomic mass is 9.98. The van der Waals surface area contributed by atoms with Gasteiger partial charge in [0.1, 0.15) is 0 Å². The molecule has 0 aliphatic carbocycles. The van der Waals surface area contributed by atoms with Gasteiger partial charge in [0.2, 0.25) is 6.41 Å². The molecule has 4 heteroatoms. The van der Waals surface area contributed by atoms with Crippen LogP contribution in [0.25, 0.3) is 0 Å². The van der Waals surface area contributed by atoms with E-state index < -0.39 is 5.97 Å². The molecule has 0 spiro atoms. The summed E-state index contributed by atoms with van der Waals surface area (Å²) in [6.45, 7) is 1.23. The fourth-order valence-electron chi connectivity index (χ4n) is 1.80. The average Bonchev–Trinajstić information content (AvgIpc) is 2.27. The zero-order chi connectivity index (χ0) is 10.8. The first kappa shape index (κ1) is 9.71. The molecular formula is C11H11NO3. The van der Waals surface area contributed by atoms with E-state index in [1.165, 1.54) is 0 Å². The molecule has 1 aliphatic rings. The molecule has 15 heavy (non-hydrogen) atoms. The standard InChI is InChI=1S/C11H11NO3/c13-7-12-4-3-8-1-2-9(11(14)15)5-10(8)6-12/h1-2,5,7H,3-4,6H2,(H,14,15). The lowest BCUT2D eigenvalue weighted by Gasteiger charge is -2.25. The summed E-state index contributed by atoms with van der Waals surface area (Å²) in [4.78, 5) is 23.0. The van der Waals surface area contributed by atoms with Gasteiger partial charge >= 0.3 is 5.97 Å². The Morgan fingerprint density at radius 1 is 1.40 bits per heavy atom. The number of aromatic carboxylic acids is 1. The Labute approximate surface area is 87.1 Å². The number of nitrogens with zero attached hydrogens (tertiary/aromatic N) is 1. The van der Waals surface area contributed by atoms with Gasteiger partial charge in [0.15, 0.2) is 0 Å². The average molecular weight is 205 g/mol. The van der Waals surface area contributed by atoms with Crippen LogP contribution in [0.2, 0.25) is 0 Å². The molecule has 1 N–H and O–H groups in total. The van der Waals surface area contributed by atoms with Crippen LogP contribution in [0, 0.1) is 0 Å². The summed E-state index contributed by atoms with van der Waals surface area (Å²) in [6.07, 6.45) is 1.60. The van der Waals surface area contributed by atoms with E-state index in [9.17, 15) is 9.59 Å². The summed E-state index contributed by atoms with van der Waals surface area (Å²) in [5, 5.41) is 8.83. The Balaban J connectivity index is 2.34. The lowest BCUT2D eigenvalue weighted by Crippen LogP contribution is -2.29. The van der Waals surface area contributed by atoms with Gasteiger partial charge in [-0.2, -0.15) is 0 Å². The highest BCUT2D eigenvalue weighted by atomic mass is 16.4. The van der Waals surface area contributed by atoms with Crippen molar-refractivity contribution < 1.29 is 14.7 Å². The first-order chi connectivity index (χ1) is 7.20. The van der Waals surface area contributed by atoms with Crippen molar-refractivity contribution in [3.8, 4) is 0 Å². The Bertz CT molecular complexity index is 414. The molecular weight excluding hydrogens is 194 g/mol. The van der Waals surface area contributed by atoms with Gasteiger partial charge in [-0.05, 0) is 29.7 Å². The van der Waals surface area contributed by atoms with Crippen molar-refractivity contribution >= 4 is 12.4 Å². The fraction of sp³-hybridized carbons (Fsp3) is 0.273. The third kappa shape index (κ3) is 1.83. The molecule has 0 saturated heterocycles. The highest BCUT2D eigenvalue weighted by Crippen LogP contribution is 2.19. The van der Waals surface area contributed by atoms with Gasteiger partial charge in [0, 0.05) is 13.1 Å². The summed E-state index contributed by atoms with van der Waals surface area (Å²) in [6, 6.07) is 5.09. The van der Waals surface area contributed by atoms with Crippen molar-refractivity contribution in [3.63, 3.8) is 0 Å². The zero-order valence-electron chi connectivity index (χ0n) is 8.14. The van der Waals surface area contributed by atoms with Crippen LogP contribution in [0.5, 0.6) is 0 Å². The van der Waals surface area contributed by atoms with Crippen LogP contribution in [0.1, 0.15) is 21.5 Å². The van der Waals surface area contributed by atoms with E-state index in [1.807, 2.05) is 6.07 Å². The molecule has 0 radical (unpaired) electrons. The van der Waals surface area contributed by atoms with Crippen LogP contribution in [0.4, 0.5) is 0 Å². The summed E-state index contributed by atoms with van der Waals surface area (Å²) in [5.74, 6) is -0.930. The summed E-state index contributed by atoms with van der Waals surface area (Å²) < 4.78 is 0. The minimum Gasteiger partial charge on any atom is -0.478 e. The van der Waals surface area contributed by atoms with Crippen molar-refractivity contribution in [1.29, 1.82) is 0 Å². The minimum absolute atomic E-state index is 0.279. The molecule has 0 fully saturated rings. The number of carbonyl (C=O) groups is 2. The number of carboxylic acids is 1. The van der Waals surface area contributed by atoms with Crippen molar-refractivity contribution in [3.05, 3.63) is 34.9 Å². The second-order valence-corrected chi connectivity index (χ2v) is 3.61. The number of carboxylic acid groups (broad SMARTS) is 1. The molecule has 0 aromatic heterocycles. The van der Waals surface area contributed by atoms with E-state index in [0.29, 0.717) is 13.1 Å². The number of amides is 1. The van der Waals surface area contributed by atoms with Crippen LogP contribution < -0.4 is 0 Å². The Hall–Kier alpha value is -1.84. The van der Waals surface area contributed by atoms with Gasteiger partial charge < -0.3 is 10.0 Å². The SMILES string of the molecule is O=CN1CCc2ccc(C(=O)O)cc2C1. The molecule has 1 aliphatic heterocycles. The first-order valence-electron chi connectivity index (χ1n) is 4.75. The maximum atomic E-state index is 10.8. The van der Waals surface area contributed by atoms with E-state index in [-0.39, 0.29) is 5.56 Å². The number of fused-ring (bicyclic) bond motifs is 1. The molecule has 2 rings (SSSR count). The normalized spacial score (nSPS) is 14.5. The van der Waals surface area contributed by atoms with Crippen LogP contribution in [-0.4, -0.2) is 28.9 Å². The van der Waals surface area contributed by atoms with Gasteiger partial charge in [0.05, 0.1) is 5.56 Å². The number of hydrogen-bond donors (Lipinski definition) is 1. The van der Waals surface area contributed by atoms with Crippen molar-refractivity contribution in [2.24, 2.45) is 0 Å². The molecule has 78 valence electrons. The molecule has 0 unspecified atom stereocenters. The molecule has 1 aromatic carbocycles. The first-order valence-corrected chi connectivity index (χ1v) is 4.75. The van der Waals surface area contributed by atoms with Crippen LogP contribution in [0.3, 0.4) is 0 Å². The molecule has 1 aromatic rings. The fourth-order valence-corrected chi connectivity index (χ4v) is 1.80. The van der Waals surface area contributed by atoms with Gasteiger partial charge in [-0.3, -0.25) is 4.79 Å². The third-order valence-electron chi connectivity index (χ3n) is 2.64. The third-order valence-corrected chi connectivity index (χ3v) is 2.64. The van der Waals surface area contributed by atoms with E-state index in [2.05, 4.69) is 0 Å². The molecule has 0 atom stereocenters. The molecule has 0 saturated carbocycles. The zero-order valence-corrected chi connectivity index (χ0v) is 8.14. The monoisotopic (exact) mass is 205 g/mol. The molecule has 0 bridgehead atoms. The van der Waals surface area contributed by atoms with E-state index in [4.69, 9.17) is 5.11 Å². The second kappa shape index (κ2) is 3.73. The smallest absolute Gasteiger partial charge is 0.335 e. The van der Waals surface area contributed by atoms with Crippen molar-refractivity contribution in [1.82, 2.24) is 4.90 Å². The van der Waals surface area contributed by atoms with Crippen LogP contribution >= 0.6 is 0 Å². The Kier molecular flexibility index (Phi) is 2.41. The Morgan fingerprint density at radius 2 is 2.20 bits per heavy atom. The number of hydrogen-bond acceptors (Lipinski definition) is 2. The van der Waals surface area contributed by atoms with Gasteiger partial charge in [-0.25, -0.2) is 4.79 Å². The largest absolute Gasteiger partial charge is 0.478 e. The summed E-state index contributed by atoms with van der Waals surface area (Å²) >= 11 is 0. The van der Waals surface area contributed by atoms with Gasteiger partial charge in [-0.1, -0.05) is 6.07 Å².